The molecular formula is C16H28ClN3. The second kappa shape index (κ2) is 6.95. The van der Waals surface area contributed by atoms with Crippen molar-refractivity contribution in [1.29, 1.82) is 0 Å². The molecule has 0 aromatic carbocycles. The van der Waals surface area contributed by atoms with Crippen molar-refractivity contribution in [1.82, 2.24) is 15.1 Å². The molecule has 2 heterocycles. The molecule has 0 aliphatic carbocycles. The van der Waals surface area contributed by atoms with Gasteiger partial charge in [-0.25, -0.2) is 0 Å². The fourth-order valence-electron chi connectivity index (χ4n) is 3.47. The average molecular weight is 298 g/mol. The molecule has 1 aromatic rings. The number of aryl methyl sites for hydroxylation is 2. The Bertz CT molecular complexity index is 431. The molecule has 0 radical (unpaired) electrons. The fraction of sp³-hybridized carbons (Fsp3) is 0.812. The Labute approximate surface area is 128 Å². The highest BCUT2D eigenvalue weighted by Gasteiger charge is 2.32. The zero-order valence-corrected chi connectivity index (χ0v) is 13.9. The summed E-state index contributed by atoms with van der Waals surface area (Å²) in [4.78, 5) is 0. The summed E-state index contributed by atoms with van der Waals surface area (Å²) in [6.07, 6.45) is 9.55. The van der Waals surface area contributed by atoms with Gasteiger partial charge in [-0.05, 0) is 32.2 Å². The molecule has 0 bridgehead atoms. The Morgan fingerprint density at radius 1 is 1.30 bits per heavy atom. The van der Waals surface area contributed by atoms with E-state index in [0.29, 0.717) is 0 Å². The minimum atomic E-state index is 0.216. The lowest BCUT2D eigenvalue weighted by molar-refractivity contribution is 0.283. The molecule has 0 amide bonds. The van der Waals surface area contributed by atoms with Crippen LogP contribution in [0.4, 0.5) is 0 Å². The molecule has 1 unspecified atom stereocenters. The van der Waals surface area contributed by atoms with Crippen molar-refractivity contribution in [2.45, 2.75) is 70.8 Å². The standard InChI is InChI=1S/C16H28ClN3/c1-4-9-16(10-7-6-8-11-18-16)12-14-15(17)13(5-2)19-20(14)3/h18H,4-12H2,1-3H3. The first-order chi connectivity index (χ1) is 9.62. The van der Waals surface area contributed by atoms with Gasteiger partial charge in [0.2, 0.25) is 0 Å². The van der Waals surface area contributed by atoms with E-state index in [2.05, 4.69) is 24.3 Å². The normalized spacial score (nSPS) is 23.8. The molecule has 3 nitrogen and oxygen atoms in total. The molecule has 1 aliphatic rings. The Morgan fingerprint density at radius 3 is 2.75 bits per heavy atom. The minimum Gasteiger partial charge on any atom is -0.311 e. The van der Waals surface area contributed by atoms with Gasteiger partial charge < -0.3 is 5.32 Å². The Morgan fingerprint density at radius 2 is 2.10 bits per heavy atom. The summed E-state index contributed by atoms with van der Waals surface area (Å²) >= 11 is 6.54. The van der Waals surface area contributed by atoms with Crippen LogP contribution in [0, 0.1) is 0 Å². The number of hydrogen-bond donors (Lipinski definition) is 1. The van der Waals surface area contributed by atoms with Gasteiger partial charge >= 0.3 is 0 Å². The summed E-state index contributed by atoms with van der Waals surface area (Å²) in [6, 6.07) is 0. The third-order valence-corrected chi connectivity index (χ3v) is 5.01. The monoisotopic (exact) mass is 297 g/mol. The van der Waals surface area contributed by atoms with Gasteiger partial charge in [0.05, 0.1) is 16.4 Å². The molecule has 1 saturated heterocycles. The molecule has 114 valence electrons. The number of aromatic nitrogens is 2. The number of halogens is 1. The van der Waals surface area contributed by atoms with Crippen LogP contribution < -0.4 is 5.32 Å². The van der Waals surface area contributed by atoms with E-state index < -0.39 is 0 Å². The van der Waals surface area contributed by atoms with E-state index in [9.17, 15) is 0 Å². The molecule has 20 heavy (non-hydrogen) atoms. The molecule has 0 spiro atoms. The van der Waals surface area contributed by atoms with Gasteiger partial charge in [0.25, 0.3) is 0 Å². The van der Waals surface area contributed by atoms with Crippen LogP contribution in [0.15, 0.2) is 0 Å². The molecule has 1 atom stereocenters. The second-order valence-electron chi connectivity index (χ2n) is 6.13. The molecule has 2 rings (SSSR count). The quantitative estimate of drug-likeness (QED) is 0.894. The van der Waals surface area contributed by atoms with Crippen LogP contribution in [0.2, 0.25) is 5.02 Å². The van der Waals surface area contributed by atoms with Crippen LogP contribution in [-0.4, -0.2) is 21.9 Å². The van der Waals surface area contributed by atoms with Crippen molar-refractivity contribution >= 4 is 11.6 Å². The first-order valence-electron chi connectivity index (χ1n) is 8.07. The van der Waals surface area contributed by atoms with Gasteiger partial charge in [-0.1, -0.05) is 44.7 Å². The Hall–Kier alpha value is -0.540. The lowest BCUT2D eigenvalue weighted by Crippen LogP contribution is -2.47. The van der Waals surface area contributed by atoms with Crippen molar-refractivity contribution < 1.29 is 0 Å². The Kier molecular flexibility index (Phi) is 5.50. The smallest absolute Gasteiger partial charge is 0.0850 e. The highest BCUT2D eigenvalue weighted by molar-refractivity contribution is 6.31. The summed E-state index contributed by atoms with van der Waals surface area (Å²) in [5, 5.41) is 9.28. The van der Waals surface area contributed by atoms with Crippen LogP contribution >= 0.6 is 11.6 Å². The summed E-state index contributed by atoms with van der Waals surface area (Å²) in [6.45, 7) is 5.52. The summed E-state index contributed by atoms with van der Waals surface area (Å²) < 4.78 is 1.99. The number of nitrogens with zero attached hydrogens (tertiary/aromatic N) is 2. The van der Waals surface area contributed by atoms with Crippen LogP contribution in [0.25, 0.3) is 0 Å². The maximum Gasteiger partial charge on any atom is 0.0850 e. The lowest BCUT2D eigenvalue weighted by Gasteiger charge is -2.34. The number of rotatable bonds is 5. The van der Waals surface area contributed by atoms with Crippen LogP contribution in [-0.2, 0) is 19.9 Å². The maximum atomic E-state index is 6.54. The zero-order chi connectivity index (χ0) is 14.6. The number of hydrogen-bond acceptors (Lipinski definition) is 2. The van der Waals surface area contributed by atoms with Gasteiger partial charge in [-0.3, -0.25) is 4.68 Å². The molecule has 4 heteroatoms. The van der Waals surface area contributed by atoms with Gasteiger partial charge in [0.1, 0.15) is 0 Å². The lowest BCUT2D eigenvalue weighted by atomic mass is 9.84. The van der Waals surface area contributed by atoms with E-state index in [1.54, 1.807) is 0 Å². The third kappa shape index (κ3) is 3.37. The van der Waals surface area contributed by atoms with Crippen molar-refractivity contribution in [3.05, 3.63) is 16.4 Å². The highest BCUT2D eigenvalue weighted by atomic mass is 35.5. The average Bonchev–Trinajstić information content (AvgIpc) is 2.61. The predicted molar refractivity (Wildman–Crippen MR) is 85.4 cm³/mol. The largest absolute Gasteiger partial charge is 0.311 e. The summed E-state index contributed by atoms with van der Waals surface area (Å²) in [5.41, 5.74) is 2.45. The Balaban J connectivity index is 2.25. The third-order valence-electron chi connectivity index (χ3n) is 4.57. The maximum absolute atomic E-state index is 6.54. The number of nitrogens with one attached hydrogen (secondary N) is 1. The van der Waals surface area contributed by atoms with E-state index in [-0.39, 0.29) is 5.54 Å². The SMILES string of the molecule is CCCC1(Cc2c(Cl)c(CC)nn2C)CCCCCN1. The van der Waals surface area contributed by atoms with Gasteiger partial charge in [0, 0.05) is 19.0 Å². The van der Waals surface area contributed by atoms with Gasteiger partial charge in [0.15, 0.2) is 0 Å². The molecule has 1 aromatic heterocycles. The minimum absolute atomic E-state index is 0.216. The topological polar surface area (TPSA) is 29.9 Å². The van der Waals surface area contributed by atoms with Crippen molar-refractivity contribution in [3.63, 3.8) is 0 Å². The second-order valence-corrected chi connectivity index (χ2v) is 6.51. The van der Waals surface area contributed by atoms with Crippen LogP contribution in [0.5, 0.6) is 0 Å². The van der Waals surface area contributed by atoms with E-state index >= 15 is 0 Å². The first kappa shape index (κ1) is 15.8. The molecule has 1 aliphatic heterocycles. The van der Waals surface area contributed by atoms with Crippen molar-refractivity contribution in [2.24, 2.45) is 7.05 Å². The summed E-state index contributed by atoms with van der Waals surface area (Å²) in [7, 11) is 2.02. The van der Waals surface area contributed by atoms with Gasteiger partial charge in [-0.2, -0.15) is 5.10 Å². The summed E-state index contributed by atoms with van der Waals surface area (Å²) in [5.74, 6) is 0. The van der Waals surface area contributed by atoms with E-state index in [4.69, 9.17) is 11.6 Å². The van der Waals surface area contributed by atoms with Gasteiger partial charge in [-0.15, -0.1) is 0 Å². The van der Waals surface area contributed by atoms with E-state index in [1.165, 1.54) is 44.2 Å². The van der Waals surface area contributed by atoms with Crippen molar-refractivity contribution in [3.8, 4) is 0 Å². The highest BCUT2D eigenvalue weighted by Crippen LogP contribution is 2.31. The van der Waals surface area contributed by atoms with Crippen LogP contribution in [0.1, 0.15) is 63.8 Å². The molecule has 1 N–H and O–H groups in total. The van der Waals surface area contributed by atoms with E-state index in [0.717, 1.165) is 30.1 Å². The van der Waals surface area contributed by atoms with Crippen molar-refractivity contribution in [2.75, 3.05) is 6.54 Å². The molecular weight excluding hydrogens is 270 g/mol. The van der Waals surface area contributed by atoms with E-state index in [1.807, 2.05) is 11.7 Å². The van der Waals surface area contributed by atoms with Crippen LogP contribution in [0.3, 0.4) is 0 Å². The molecule has 1 fully saturated rings. The fourth-order valence-corrected chi connectivity index (χ4v) is 3.83. The predicted octanol–water partition coefficient (Wildman–Crippen LogP) is 3.88. The zero-order valence-electron chi connectivity index (χ0n) is 13.1. The first-order valence-corrected chi connectivity index (χ1v) is 8.45. The molecule has 0 saturated carbocycles.